The van der Waals surface area contributed by atoms with Crippen molar-refractivity contribution in [1.82, 2.24) is 10.3 Å². The van der Waals surface area contributed by atoms with E-state index in [-0.39, 0.29) is 0 Å². The Bertz CT molecular complexity index is 540. The largest absolute Gasteiger partial charge is 0.309 e. The van der Waals surface area contributed by atoms with E-state index in [1.807, 2.05) is 6.20 Å². The molecule has 0 saturated carbocycles. The van der Waals surface area contributed by atoms with Crippen LogP contribution in [0.1, 0.15) is 38.4 Å². The second-order valence-electron chi connectivity index (χ2n) is 4.89. The molecule has 112 valence electrons. The lowest BCUT2D eigenvalue weighted by Crippen LogP contribution is -2.22. The molecular formula is C17H21BrN2S. The summed E-state index contributed by atoms with van der Waals surface area (Å²) < 4.78 is 1.10. The number of rotatable bonds is 7. The van der Waals surface area contributed by atoms with Gasteiger partial charge in [0.15, 0.2) is 0 Å². The van der Waals surface area contributed by atoms with Crippen molar-refractivity contribution in [2.24, 2.45) is 0 Å². The van der Waals surface area contributed by atoms with Crippen molar-refractivity contribution in [2.45, 2.75) is 42.5 Å². The zero-order valence-corrected chi connectivity index (χ0v) is 14.9. The van der Waals surface area contributed by atoms with Gasteiger partial charge in [-0.25, -0.2) is 0 Å². The van der Waals surface area contributed by atoms with Gasteiger partial charge < -0.3 is 5.32 Å². The predicted octanol–water partition coefficient (Wildman–Crippen LogP) is 5.45. The Morgan fingerprint density at radius 3 is 2.38 bits per heavy atom. The maximum absolute atomic E-state index is 4.62. The lowest BCUT2D eigenvalue weighted by Gasteiger charge is -2.16. The van der Waals surface area contributed by atoms with Gasteiger partial charge in [0.25, 0.3) is 0 Å². The number of benzene rings is 1. The molecule has 1 atom stereocenters. The molecule has 1 aromatic heterocycles. The fraction of sp³-hybridized carbons (Fsp3) is 0.353. The molecule has 2 rings (SSSR count). The highest BCUT2D eigenvalue weighted by atomic mass is 79.9. The van der Waals surface area contributed by atoms with E-state index in [4.69, 9.17) is 0 Å². The van der Waals surface area contributed by atoms with E-state index in [2.05, 4.69) is 76.5 Å². The van der Waals surface area contributed by atoms with Crippen molar-refractivity contribution in [2.75, 3.05) is 6.54 Å². The van der Waals surface area contributed by atoms with Gasteiger partial charge in [-0.1, -0.05) is 41.5 Å². The number of hydrogen-bond donors (Lipinski definition) is 1. The van der Waals surface area contributed by atoms with E-state index in [0.29, 0.717) is 6.04 Å². The van der Waals surface area contributed by atoms with Crippen molar-refractivity contribution < 1.29 is 0 Å². The van der Waals surface area contributed by atoms with Crippen LogP contribution in [0.4, 0.5) is 0 Å². The molecule has 0 amide bonds. The molecule has 1 aromatic carbocycles. The maximum atomic E-state index is 4.62. The number of halogens is 1. The zero-order chi connectivity index (χ0) is 15.1. The summed E-state index contributed by atoms with van der Waals surface area (Å²) in [5, 5.41) is 3.54. The Morgan fingerprint density at radius 1 is 1.10 bits per heavy atom. The average molecular weight is 365 g/mol. The van der Waals surface area contributed by atoms with Crippen LogP contribution in [0.3, 0.4) is 0 Å². The van der Waals surface area contributed by atoms with Gasteiger partial charge in [0.05, 0.1) is 5.69 Å². The second kappa shape index (κ2) is 8.57. The van der Waals surface area contributed by atoms with Crippen LogP contribution in [0.25, 0.3) is 0 Å². The van der Waals surface area contributed by atoms with E-state index in [1.54, 1.807) is 11.8 Å². The van der Waals surface area contributed by atoms with E-state index in [1.165, 1.54) is 9.79 Å². The summed E-state index contributed by atoms with van der Waals surface area (Å²) >= 11 is 5.19. The van der Waals surface area contributed by atoms with Gasteiger partial charge in [-0.15, -0.1) is 0 Å². The lowest BCUT2D eigenvalue weighted by atomic mass is 10.1. The fourth-order valence-electron chi connectivity index (χ4n) is 2.07. The number of pyridine rings is 1. The maximum Gasteiger partial charge on any atom is 0.0573 e. The molecule has 2 nitrogen and oxygen atoms in total. The van der Waals surface area contributed by atoms with E-state index in [9.17, 15) is 0 Å². The third kappa shape index (κ3) is 5.13. The summed E-state index contributed by atoms with van der Waals surface area (Å²) in [4.78, 5) is 7.02. The SMILES string of the molecule is CCCNC(CC)c1ccc(Sc2ccc(Br)cc2)cn1. The minimum atomic E-state index is 0.358. The number of aromatic nitrogens is 1. The van der Waals surface area contributed by atoms with Crippen LogP contribution in [0.5, 0.6) is 0 Å². The third-order valence-electron chi connectivity index (χ3n) is 3.21. The molecule has 0 fully saturated rings. The molecule has 21 heavy (non-hydrogen) atoms. The molecule has 4 heteroatoms. The normalized spacial score (nSPS) is 12.3. The zero-order valence-electron chi connectivity index (χ0n) is 12.5. The van der Waals surface area contributed by atoms with Crippen molar-refractivity contribution in [3.05, 3.63) is 52.8 Å². The lowest BCUT2D eigenvalue weighted by molar-refractivity contribution is 0.507. The van der Waals surface area contributed by atoms with E-state index in [0.717, 1.165) is 29.6 Å². The standard InChI is InChI=1S/C17H21BrN2S/c1-3-11-19-16(4-2)17-10-9-15(12-20-17)21-14-7-5-13(18)6-8-14/h5-10,12,16,19H,3-4,11H2,1-2H3. The number of nitrogens with one attached hydrogen (secondary N) is 1. The molecule has 2 aromatic rings. The average Bonchev–Trinajstić information content (AvgIpc) is 2.52. The minimum Gasteiger partial charge on any atom is -0.309 e. The predicted molar refractivity (Wildman–Crippen MR) is 93.8 cm³/mol. The first-order valence-corrected chi connectivity index (χ1v) is 8.96. The Balaban J connectivity index is 2.02. The molecule has 1 heterocycles. The first-order chi connectivity index (χ1) is 10.2. The van der Waals surface area contributed by atoms with Crippen LogP contribution in [-0.2, 0) is 0 Å². The van der Waals surface area contributed by atoms with Gasteiger partial charge in [-0.3, -0.25) is 4.98 Å². The minimum absolute atomic E-state index is 0.358. The van der Waals surface area contributed by atoms with Gasteiger partial charge in [0, 0.05) is 26.5 Å². The first kappa shape index (κ1) is 16.5. The monoisotopic (exact) mass is 364 g/mol. The second-order valence-corrected chi connectivity index (χ2v) is 6.95. The van der Waals surface area contributed by atoms with Gasteiger partial charge in [0.1, 0.15) is 0 Å². The highest BCUT2D eigenvalue weighted by Gasteiger charge is 2.09. The Hall–Kier alpha value is -0.840. The molecule has 1 N–H and O–H groups in total. The van der Waals surface area contributed by atoms with Crippen LogP contribution in [0, 0.1) is 0 Å². The van der Waals surface area contributed by atoms with Crippen molar-refractivity contribution in [3.63, 3.8) is 0 Å². The summed E-state index contributed by atoms with van der Waals surface area (Å²) in [6, 6.07) is 13.0. The van der Waals surface area contributed by atoms with E-state index < -0.39 is 0 Å². The summed E-state index contributed by atoms with van der Waals surface area (Å²) in [5.74, 6) is 0. The highest BCUT2D eigenvalue weighted by molar-refractivity contribution is 9.10. The Morgan fingerprint density at radius 2 is 1.81 bits per heavy atom. The summed E-state index contributed by atoms with van der Waals surface area (Å²) in [7, 11) is 0. The Kier molecular flexibility index (Phi) is 6.74. The van der Waals surface area contributed by atoms with Gasteiger partial charge in [-0.2, -0.15) is 0 Å². The third-order valence-corrected chi connectivity index (χ3v) is 4.73. The Labute approximate surface area is 139 Å². The van der Waals surface area contributed by atoms with Crippen LogP contribution in [0.15, 0.2) is 56.9 Å². The number of hydrogen-bond acceptors (Lipinski definition) is 3. The smallest absolute Gasteiger partial charge is 0.0573 e. The summed E-state index contributed by atoms with van der Waals surface area (Å²) in [6.45, 7) is 5.42. The van der Waals surface area contributed by atoms with E-state index >= 15 is 0 Å². The quantitative estimate of drug-likeness (QED) is 0.707. The molecule has 0 radical (unpaired) electrons. The summed E-state index contributed by atoms with van der Waals surface area (Å²) in [5.41, 5.74) is 1.13. The molecular weight excluding hydrogens is 344 g/mol. The van der Waals surface area contributed by atoms with Gasteiger partial charge in [-0.05, 0) is 55.8 Å². The van der Waals surface area contributed by atoms with Crippen molar-refractivity contribution in [1.29, 1.82) is 0 Å². The highest BCUT2D eigenvalue weighted by Crippen LogP contribution is 2.28. The van der Waals surface area contributed by atoms with Crippen LogP contribution < -0.4 is 5.32 Å². The van der Waals surface area contributed by atoms with Crippen LogP contribution in [-0.4, -0.2) is 11.5 Å². The molecule has 0 aliphatic carbocycles. The summed E-state index contributed by atoms with van der Waals surface area (Å²) in [6.07, 6.45) is 4.18. The fourth-order valence-corrected chi connectivity index (χ4v) is 3.12. The van der Waals surface area contributed by atoms with Gasteiger partial charge >= 0.3 is 0 Å². The molecule has 0 spiro atoms. The number of nitrogens with zero attached hydrogens (tertiary/aromatic N) is 1. The molecule has 0 saturated heterocycles. The molecule has 0 aliphatic rings. The topological polar surface area (TPSA) is 24.9 Å². The molecule has 1 unspecified atom stereocenters. The molecule has 0 aliphatic heterocycles. The van der Waals surface area contributed by atoms with Crippen molar-refractivity contribution in [3.8, 4) is 0 Å². The van der Waals surface area contributed by atoms with Crippen LogP contribution in [0.2, 0.25) is 0 Å². The first-order valence-electron chi connectivity index (χ1n) is 7.35. The van der Waals surface area contributed by atoms with Crippen LogP contribution >= 0.6 is 27.7 Å². The van der Waals surface area contributed by atoms with Crippen molar-refractivity contribution >= 4 is 27.7 Å². The van der Waals surface area contributed by atoms with Gasteiger partial charge in [0.2, 0.25) is 0 Å². The molecule has 0 bridgehead atoms.